The highest BCUT2D eigenvalue weighted by Crippen LogP contribution is 2.12. The first-order valence-electron chi connectivity index (χ1n) is 4.02. The molecular weight excluding hydrogens is 186 g/mol. The van der Waals surface area contributed by atoms with Crippen LogP contribution in [-0.4, -0.2) is 24.3 Å². The van der Waals surface area contributed by atoms with Crippen molar-refractivity contribution in [2.45, 2.75) is 0 Å². The molecule has 0 saturated carbocycles. The lowest BCUT2D eigenvalue weighted by atomic mass is 10.2. The lowest BCUT2D eigenvalue weighted by Gasteiger charge is -2.05. The van der Waals surface area contributed by atoms with Gasteiger partial charge in [-0.05, 0) is 18.2 Å². The molecule has 0 amide bonds. The van der Waals surface area contributed by atoms with Crippen LogP contribution >= 0.6 is 0 Å². The summed E-state index contributed by atoms with van der Waals surface area (Å²) in [6.45, 7) is 0.552. The van der Waals surface area contributed by atoms with Crippen LogP contribution < -0.4 is 10.6 Å². The van der Waals surface area contributed by atoms with E-state index in [-0.39, 0.29) is 12.2 Å². The van der Waals surface area contributed by atoms with Crippen molar-refractivity contribution < 1.29 is 19.5 Å². The molecule has 1 aromatic carbocycles. The lowest BCUT2D eigenvalue weighted by Crippen LogP contribution is -2.10. The summed E-state index contributed by atoms with van der Waals surface area (Å²) < 4.78 is 5.17. The molecule has 5 heteroatoms. The van der Waals surface area contributed by atoms with E-state index >= 15 is 0 Å². The Balaban J connectivity index is 2.59. The minimum atomic E-state index is -0.981. The van der Waals surface area contributed by atoms with Gasteiger partial charge in [-0.2, -0.15) is 0 Å². The molecule has 1 aromatic rings. The Kier molecular flexibility index (Phi) is 3.90. The Morgan fingerprint density at radius 3 is 2.86 bits per heavy atom. The van der Waals surface area contributed by atoms with Crippen LogP contribution in [0, 0.1) is 0 Å². The Labute approximate surface area is 81.0 Å². The third kappa shape index (κ3) is 3.04. The first kappa shape index (κ1) is 10.5. The lowest BCUT2D eigenvalue weighted by molar-refractivity contribution is 0.0696. The van der Waals surface area contributed by atoms with E-state index < -0.39 is 5.97 Å². The Bertz CT molecular complexity index is 313. The van der Waals surface area contributed by atoms with Gasteiger partial charge in [0.1, 0.15) is 19.0 Å². The molecule has 5 nitrogen and oxygen atoms in total. The van der Waals surface area contributed by atoms with Crippen LogP contribution in [0.2, 0.25) is 0 Å². The van der Waals surface area contributed by atoms with Gasteiger partial charge in [0.2, 0.25) is 0 Å². The van der Waals surface area contributed by atoms with Crippen LogP contribution in [0.4, 0.5) is 0 Å². The van der Waals surface area contributed by atoms with Gasteiger partial charge >= 0.3 is 5.97 Å². The summed E-state index contributed by atoms with van der Waals surface area (Å²) in [5, 5.41) is 8.68. The highest BCUT2D eigenvalue weighted by Gasteiger charge is 2.03. The fourth-order valence-electron chi connectivity index (χ4n) is 0.927. The van der Waals surface area contributed by atoms with Gasteiger partial charge < -0.3 is 14.7 Å². The van der Waals surface area contributed by atoms with Crippen LogP contribution in [0.1, 0.15) is 10.4 Å². The quantitative estimate of drug-likeness (QED) is 0.535. The standard InChI is InChI=1S/C9H11NO4/c10-14-5-4-13-8-3-1-2-7(6-8)9(11)12/h1-3,6H,4-5,10H2,(H,11,12). The predicted octanol–water partition coefficient (Wildman–Crippen LogP) is 0.654. The van der Waals surface area contributed by atoms with Gasteiger partial charge in [-0.15, -0.1) is 0 Å². The molecule has 0 bridgehead atoms. The summed E-state index contributed by atoms with van der Waals surface area (Å²) in [6, 6.07) is 6.22. The molecule has 0 spiro atoms. The normalized spacial score (nSPS) is 9.79. The largest absolute Gasteiger partial charge is 0.491 e. The summed E-state index contributed by atoms with van der Waals surface area (Å²) in [5.74, 6) is 4.30. The van der Waals surface area contributed by atoms with Crippen LogP contribution in [0.5, 0.6) is 5.75 Å². The Morgan fingerprint density at radius 2 is 2.21 bits per heavy atom. The summed E-state index contributed by atoms with van der Waals surface area (Å²) in [5.41, 5.74) is 0.191. The molecule has 0 aliphatic heterocycles. The molecule has 14 heavy (non-hydrogen) atoms. The van der Waals surface area contributed by atoms with E-state index in [1.165, 1.54) is 12.1 Å². The number of benzene rings is 1. The van der Waals surface area contributed by atoms with Gasteiger partial charge in [-0.25, -0.2) is 10.7 Å². The van der Waals surface area contributed by atoms with Crippen molar-refractivity contribution in [1.82, 2.24) is 0 Å². The molecule has 0 unspecified atom stereocenters. The zero-order valence-corrected chi connectivity index (χ0v) is 7.47. The predicted molar refractivity (Wildman–Crippen MR) is 49.0 cm³/mol. The molecule has 3 N–H and O–H groups in total. The molecule has 0 atom stereocenters. The minimum Gasteiger partial charge on any atom is -0.491 e. The number of aromatic carboxylic acids is 1. The number of carbonyl (C=O) groups is 1. The van der Waals surface area contributed by atoms with Crippen molar-refractivity contribution in [3.8, 4) is 5.75 Å². The Hall–Kier alpha value is -1.59. The third-order valence-corrected chi connectivity index (χ3v) is 1.55. The van der Waals surface area contributed by atoms with Crippen molar-refractivity contribution in [3.05, 3.63) is 29.8 Å². The monoisotopic (exact) mass is 197 g/mol. The minimum absolute atomic E-state index is 0.191. The number of hydrogen-bond acceptors (Lipinski definition) is 4. The van der Waals surface area contributed by atoms with Crippen LogP contribution in [0.25, 0.3) is 0 Å². The van der Waals surface area contributed by atoms with Gasteiger partial charge in [0.05, 0.1) is 5.56 Å². The van der Waals surface area contributed by atoms with E-state index in [1.54, 1.807) is 12.1 Å². The first-order chi connectivity index (χ1) is 6.74. The molecule has 0 saturated heterocycles. The number of rotatable bonds is 5. The maximum atomic E-state index is 10.6. The second kappa shape index (κ2) is 5.21. The molecule has 76 valence electrons. The SMILES string of the molecule is NOCCOc1cccc(C(=O)O)c1. The van der Waals surface area contributed by atoms with E-state index in [0.717, 1.165) is 0 Å². The van der Waals surface area contributed by atoms with Crippen molar-refractivity contribution in [2.24, 2.45) is 5.90 Å². The van der Waals surface area contributed by atoms with Gasteiger partial charge in [-0.3, -0.25) is 0 Å². The summed E-state index contributed by atoms with van der Waals surface area (Å²) >= 11 is 0. The topological polar surface area (TPSA) is 81.8 Å². The van der Waals surface area contributed by atoms with Crippen molar-refractivity contribution in [1.29, 1.82) is 0 Å². The van der Waals surface area contributed by atoms with Crippen molar-refractivity contribution in [2.75, 3.05) is 13.2 Å². The number of carboxylic acids is 1. The van der Waals surface area contributed by atoms with Crippen LogP contribution in [0.3, 0.4) is 0 Å². The van der Waals surface area contributed by atoms with Crippen LogP contribution in [-0.2, 0) is 4.84 Å². The summed E-state index contributed by atoms with van der Waals surface area (Å²) in [6.07, 6.45) is 0. The number of ether oxygens (including phenoxy) is 1. The van der Waals surface area contributed by atoms with Crippen LogP contribution in [0.15, 0.2) is 24.3 Å². The average molecular weight is 197 g/mol. The highest BCUT2D eigenvalue weighted by atomic mass is 16.6. The van der Waals surface area contributed by atoms with Crippen molar-refractivity contribution in [3.63, 3.8) is 0 Å². The molecular formula is C9H11NO4. The molecule has 0 radical (unpaired) electrons. The average Bonchev–Trinajstić information content (AvgIpc) is 2.19. The Morgan fingerprint density at radius 1 is 1.43 bits per heavy atom. The fourth-order valence-corrected chi connectivity index (χ4v) is 0.927. The van der Waals surface area contributed by atoms with Crippen molar-refractivity contribution >= 4 is 5.97 Å². The van der Waals surface area contributed by atoms with Gasteiger partial charge in [0.15, 0.2) is 0 Å². The van der Waals surface area contributed by atoms with Gasteiger partial charge in [0.25, 0.3) is 0 Å². The van der Waals surface area contributed by atoms with E-state index in [9.17, 15) is 4.79 Å². The van der Waals surface area contributed by atoms with E-state index in [4.69, 9.17) is 15.7 Å². The molecule has 0 fully saturated rings. The van der Waals surface area contributed by atoms with E-state index in [0.29, 0.717) is 12.4 Å². The maximum absolute atomic E-state index is 10.6. The maximum Gasteiger partial charge on any atom is 0.335 e. The number of hydrogen-bond donors (Lipinski definition) is 2. The molecule has 0 aromatic heterocycles. The van der Waals surface area contributed by atoms with E-state index in [1.807, 2.05) is 0 Å². The highest BCUT2D eigenvalue weighted by molar-refractivity contribution is 5.87. The first-order valence-corrected chi connectivity index (χ1v) is 4.02. The second-order valence-electron chi connectivity index (χ2n) is 2.55. The molecule has 0 aliphatic carbocycles. The number of nitrogens with two attached hydrogens (primary N) is 1. The zero-order valence-electron chi connectivity index (χ0n) is 7.47. The second-order valence-corrected chi connectivity index (χ2v) is 2.55. The molecule has 0 aliphatic rings. The summed E-state index contributed by atoms with van der Waals surface area (Å²) in [4.78, 5) is 14.9. The smallest absolute Gasteiger partial charge is 0.335 e. The van der Waals surface area contributed by atoms with Gasteiger partial charge in [0, 0.05) is 0 Å². The molecule has 1 rings (SSSR count). The number of carboxylic acid groups (broad SMARTS) is 1. The zero-order chi connectivity index (χ0) is 10.4. The van der Waals surface area contributed by atoms with Gasteiger partial charge in [-0.1, -0.05) is 6.07 Å². The summed E-state index contributed by atoms with van der Waals surface area (Å²) in [7, 11) is 0. The fraction of sp³-hybridized carbons (Fsp3) is 0.222. The van der Waals surface area contributed by atoms with E-state index in [2.05, 4.69) is 4.84 Å². The third-order valence-electron chi connectivity index (χ3n) is 1.55. The molecule has 0 heterocycles.